The highest BCUT2D eigenvalue weighted by molar-refractivity contribution is 6.31. The lowest BCUT2D eigenvalue weighted by Crippen LogP contribution is -2.30. The fraction of sp³-hybridized carbons (Fsp3) is 0.615. The van der Waals surface area contributed by atoms with E-state index < -0.39 is 11.7 Å². The molecular weight excluding hydrogens is 293 g/mol. The minimum Gasteiger partial charge on any atom is -0.477 e. The van der Waals surface area contributed by atoms with Gasteiger partial charge in [0.2, 0.25) is 5.88 Å². The maximum atomic E-state index is 12.4. The molecule has 0 aliphatic carbocycles. The fourth-order valence-electron chi connectivity index (χ4n) is 2.18. The van der Waals surface area contributed by atoms with Crippen molar-refractivity contribution < 1.29 is 17.9 Å². The van der Waals surface area contributed by atoms with Crippen molar-refractivity contribution in [3.8, 4) is 5.88 Å². The molecule has 3 nitrogen and oxygen atoms in total. The quantitative estimate of drug-likeness (QED) is 0.924. The average Bonchev–Trinajstić information content (AvgIpc) is 2.40. The van der Waals surface area contributed by atoms with E-state index in [0.29, 0.717) is 12.5 Å². The van der Waals surface area contributed by atoms with Crippen LogP contribution in [-0.2, 0) is 6.18 Å². The Morgan fingerprint density at radius 3 is 2.85 bits per heavy atom. The molecule has 20 heavy (non-hydrogen) atoms. The van der Waals surface area contributed by atoms with Crippen LogP contribution in [0.15, 0.2) is 12.3 Å². The Kier molecular flexibility index (Phi) is 5.10. The summed E-state index contributed by atoms with van der Waals surface area (Å²) >= 11 is 5.76. The lowest BCUT2D eigenvalue weighted by Gasteiger charge is -2.22. The Hall–Kier alpha value is -1.01. The van der Waals surface area contributed by atoms with Crippen LogP contribution in [0.3, 0.4) is 0 Å². The number of pyridine rings is 1. The second kappa shape index (κ2) is 6.63. The van der Waals surface area contributed by atoms with Gasteiger partial charge in [-0.1, -0.05) is 11.6 Å². The molecule has 1 atom stereocenters. The molecule has 1 aromatic heterocycles. The van der Waals surface area contributed by atoms with Gasteiger partial charge in [-0.3, -0.25) is 0 Å². The van der Waals surface area contributed by atoms with Crippen molar-refractivity contribution in [2.45, 2.75) is 25.4 Å². The van der Waals surface area contributed by atoms with Crippen molar-refractivity contribution in [1.82, 2.24) is 10.3 Å². The second-order valence-electron chi connectivity index (χ2n) is 4.86. The number of hydrogen-bond donors (Lipinski definition) is 1. The molecule has 0 aromatic carbocycles. The van der Waals surface area contributed by atoms with Gasteiger partial charge in [-0.05, 0) is 44.3 Å². The maximum Gasteiger partial charge on any atom is 0.417 e. The highest BCUT2D eigenvalue weighted by atomic mass is 35.5. The molecule has 2 rings (SSSR count). The number of halogens is 4. The molecule has 112 valence electrons. The first-order chi connectivity index (χ1) is 9.47. The van der Waals surface area contributed by atoms with Crippen LogP contribution in [0.25, 0.3) is 0 Å². The number of alkyl halides is 3. The van der Waals surface area contributed by atoms with Crippen molar-refractivity contribution in [1.29, 1.82) is 0 Å². The number of nitrogens with zero attached hydrogens (tertiary/aromatic N) is 1. The SMILES string of the molecule is FC(F)(F)c1cnc(OCC[C@@H]2CCCNC2)c(Cl)c1. The van der Waals surface area contributed by atoms with Crippen molar-refractivity contribution >= 4 is 11.6 Å². The lowest BCUT2D eigenvalue weighted by atomic mass is 9.97. The van der Waals surface area contributed by atoms with Gasteiger partial charge in [-0.15, -0.1) is 0 Å². The van der Waals surface area contributed by atoms with Crippen molar-refractivity contribution in [2.24, 2.45) is 5.92 Å². The molecule has 0 bridgehead atoms. The zero-order valence-corrected chi connectivity index (χ0v) is 11.6. The van der Waals surface area contributed by atoms with Crippen LogP contribution in [-0.4, -0.2) is 24.7 Å². The third-order valence-electron chi connectivity index (χ3n) is 3.30. The van der Waals surface area contributed by atoms with Crippen LogP contribution in [0.1, 0.15) is 24.8 Å². The zero-order chi connectivity index (χ0) is 14.6. The molecular formula is C13H16ClF3N2O. The fourth-order valence-corrected chi connectivity index (χ4v) is 2.40. The van der Waals surface area contributed by atoms with Gasteiger partial charge in [-0.2, -0.15) is 13.2 Å². The third kappa shape index (κ3) is 4.24. The Labute approximate surface area is 120 Å². The van der Waals surface area contributed by atoms with Crippen molar-refractivity contribution in [2.75, 3.05) is 19.7 Å². The Morgan fingerprint density at radius 1 is 1.45 bits per heavy atom. The molecule has 0 radical (unpaired) electrons. The molecule has 0 saturated carbocycles. The van der Waals surface area contributed by atoms with E-state index in [-0.39, 0.29) is 10.9 Å². The maximum absolute atomic E-state index is 12.4. The van der Waals surface area contributed by atoms with Gasteiger partial charge in [0.25, 0.3) is 0 Å². The summed E-state index contributed by atoms with van der Waals surface area (Å²) in [7, 11) is 0. The first kappa shape index (κ1) is 15.4. The number of rotatable bonds is 4. The van der Waals surface area contributed by atoms with E-state index in [9.17, 15) is 13.2 Å². The normalized spacial score (nSPS) is 19.9. The van der Waals surface area contributed by atoms with Gasteiger partial charge >= 0.3 is 6.18 Å². The van der Waals surface area contributed by atoms with E-state index in [2.05, 4.69) is 10.3 Å². The highest BCUT2D eigenvalue weighted by Crippen LogP contribution is 2.33. The molecule has 1 fully saturated rings. The van der Waals surface area contributed by atoms with Gasteiger partial charge in [0.15, 0.2) is 0 Å². The number of aromatic nitrogens is 1. The van der Waals surface area contributed by atoms with Crippen LogP contribution in [0.4, 0.5) is 13.2 Å². The summed E-state index contributed by atoms with van der Waals surface area (Å²) in [5.41, 5.74) is -0.869. The lowest BCUT2D eigenvalue weighted by molar-refractivity contribution is -0.137. The van der Waals surface area contributed by atoms with Crippen LogP contribution in [0.2, 0.25) is 5.02 Å². The summed E-state index contributed by atoms with van der Waals surface area (Å²) in [6, 6.07) is 0.839. The summed E-state index contributed by atoms with van der Waals surface area (Å²) in [5.74, 6) is 0.598. The molecule has 0 amide bonds. The van der Waals surface area contributed by atoms with E-state index in [0.717, 1.165) is 44.6 Å². The molecule has 7 heteroatoms. The van der Waals surface area contributed by atoms with E-state index >= 15 is 0 Å². The van der Waals surface area contributed by atoms with Crippen LogP contribution < -0.4 is 10.1 Å². The molecule has 1 aliphatic rings. The molecule has 1 saturated heterocycles. The number of nitrogens with one attached hydrogen (secondary N) is 1. The van der Waals surface area contributed by atoms with Crippen molar-refractivity contribution in [3.63, 3.8) is 0 Å². The van der Waals surface area contributed by atoms with Crippen LogP contribution >= 0.6 is 11.6 Å². The highest BCUT2D eigenvalue weighted by Gasteiger charge is 2.31. The topological polar surface area (TPSA) is 34.1 Å². The summed E-state index contributed by atoms with van der Waals surface area (Å²) in [6.45, 7) is 2.41. The van der Waals surface area contributed by atoms with Gasteiger partial charge in [0, 0.05) is 6.20 Å². The number of hydrogen-bond acceptors (Lipinski definition) is 3. The molecule has 1 aromatic rings. The molecule has 1 aliphatic heterocycles. The predicted molar refractivity (Wildman–Crippen MR) is 70.0 cm³/mol. The summed E-state index contributed by atoms with van der Waals surface area (Å²) in [6.07, 6.45) is -0.577. The predicted octanol–water partition coefficient (Wildman–Crippen LogP) is 3.52. The first-order valence-corrected chi connectivity index (χ1v) is 6.91. The minimum absolute atomic E-state index is 0.0587. The van der Waals surface area contributed by atoms with Gasteiger partial charge in [0.1, 0.15) is 5.02 Å². The molecule has 0 spiro atoms. The van der Waals surface area contributed by atoms with E-state index in [1.165, 1.54) is 0 Å². The first-order valence-electron chi connectivity index (χ1n) is 6.53. The Balaban J connectivity index is 1.86. The smallest absolute Gasteiger partial charge is 0.417 e. The minimum atomic E-state index is -4.44. The second-order valence-corrected chi connectivity index (χ2v) is 5.27. The van der Waals surface area contributed by atoms with Crippen LogP contribution in [0, 0.1) is 5.92 Å². The zero-order valence-electron chi connectivity index (χ0n) is 10.8. The monoisotopic (exact) mass is 308 g/mol. The van der Waals surface area contributed by atoms with Gasteiger partial charge in [0.05, 0.1) is 12.2 Å². The largest absolute Gasteiger partial charge is 0.477 e. The molecule has 1 N–H and O–H groups in total. The van der Waals surface area contributed by atoms with Crippen LogP contribution in [0.5, 0.6) is 5.88 Å². The summed E-state index contributed by atoms with van der Waals surface area (Å²) in [5, 5.41) is 3.19. The van der Waals surface area contributed by atoms with E-state index in [1.54, 1.807) is 0 Å². The molecule has 0 unspecified atom stereocenters. The number of piperidine rings is 1. The Bertz CT molecular complexity index is 448. The van der Waals surface area contributed by atoms with Crippen molar-refractivity contribution in [3.05, 3.63) is 22.8 Å². The third-order valence-corrected chi connectivity index (χ3v) is 3.57. The van der Waals surface area contributed by atoms with Gasteiger partial charge < -0.3 is 10.1 Å². The Morgan fingerprint density at radius 2 is 2.25 bits per heavy atom. The number of ether oxygens (including phenoxy) is 1. The summed E-state index contributed by atoms with van der Waals surface area (Å²) < 4.78 is 42.7. The standard InChI is InChI=1S/C13H16ClF3N2O/c14-11-6-10(13(15,16)17)8-19-12(11)20-5-3-9-2-1-4-18-7-9/h6,8-9,18H,1-5,7H2/t9-/m0/s1. The summed E-state index contributed by atoms with van der Waals surface area (Å²) in [4.78, 5) is 3.64. The average molecular weight is 309 g/mol. The van der Waals surface area contributed by atoms with E-state index in [1.807, 2.05) is 0 Å². The molecule has 2 heterocycles. The van der Waals surface area contributed by atoms with E-state index in [4.69, 9.17) is 16.3 Å². The van der Waals surface area contributed by atoms with Gasteiger partial charge in [-0.25, -0.2) is 4.98 Å².